The Kier molecular flexibility index (Phi) is 23.3. The number of carbonyl (C=O) groups excluding carboxylic acids is 1. The van der Waals surface area contributed by atoms with Crippen LogP contribution in [0.2, 0.25) is 0 Å². The lowest BCUT2D eigenvalue weighted by molar-refractivity contribution is -0.304. The third-order valence-electron chi connectivity index (χ3n) is 9.37. The Morgan fingerprint density at radius 3 is 1.94 bits per heavy atom. The van der Waals surface area contributed by atoms with E-state index in [2.05, 4.69) is 12.2 Å². The summed E-state index contributed by atoms with van der Waals surface area (Å²) in [4.78, 5) is 11.8. The number of unbranched alkanes of at least 4 members (excludes halogenated alkanes) is 11. The molecule has 0 bridgehead atoms. The van der Waals surface area contributed by atoms with Crippen LogP contribution in [0.3, 0.4) is 0 Å². The van der Waals surface area contributed by atoms with Crippen molar-refractivity contribution in [1.29, 1.82) is 0 Å². The molecule has 0 aromatic heterocycles. The summed E-state index contributed by atoms with van der Waals surface area (Å²) in [6, 6.07) is -1.16. The Morgan fingerprint density at radius 1 is 0.755 bits per heavy atom. The van der Waals surface area contributed by atoms with Crippen molar-refractivity contribution >= 4 is 5.91 Å². The van der Waals surface area contributed by atoms with E-state index in [9.17, 15) is 35.4 Å². The van der Waals surface area contributed by atoms with Crippen molar-refractivity contribution in [3.8, 4) is 0 Å². The lowest BCUT2D eigenvalue weighted by Crippen LogP contribution is -2.65. The average molecular weight is 710 g/mol. The van der Waals surface area contributed by atoms with E-state index in [1.54, 1.807) is 0 Å². The van der Waals surface area contributed by atoms with E-state index < -0.39 is 73.9 Å². The normalized spacial score (nSPS) is 30.3. The monoisotopic (exact) mass is 709 g/mol. The van der Waals surface area contributed by atoms with Crippen LogP contribution in [-0.2, 0) is 28.5 Å². The summed E-state index contributed by atoms with van der Waals surface area (Å²) in [5.41, 5.74) is 0. The van der Waals surface area contributed by atoms with Crippen molar-refractivity contribution < 1.29 is 64.2 Å². The van der Waals surface area contributed by atoms with Gasteiger partial charge in [0.15, 0.2) is 12.6 Å². The highest BCUT2D eigenvalue weighted by molar-refractivity contribution is 5.73. The molecular formula is C35H67NO13. The lowest BCUT2D eigenvalue weighted by atomic mass is 9.96. The third kappa shape index (κ3) is 17.4. The van der Waals surface area contributed by atoms with E-state index >= 15 is 0 Å². The number of aliphatic hydroxyl groups excluding tert-OH is 7. The van der Waals surface area contributed by atoms with Gasteiger partial charge < -0.3 is 64.7 Å². The summed E-state index contributed by atoms with van der Waals surface area (Å²) in [5, 5.41) is 72.0. The van der Waals surface area contributed by atoms with E-state index in [0.717, 1.165) is 38.0 Å². The van der Waals surface area contributed by atoms with Crippen LogP contribution >= 0.6 is 0 Å². The summed E-state index contributed by atoms with van der Waals surface area (Å²) >= 11 is 0. The van der Waals surface area contributed by atoms with Crippen molar-refractivity contribution in [2.45, 2.75) is 172 Å². The van der Waals surface area contributed by atoms with Gasteiger partial charge in [-0.2, -0.15) is 0 Å². The molecule has 0 spiro atoms. The summed E-state index contributed by atoms with van der Waals surface area (Å²) in [6.07, 6.45) is 5.92. The second-order valence-corrected chi connectivity index (χ2v) is 13.9. The van der Waals surface area contributed by atoms with Crippen LogP contribution in [-0.4, -0.2) is 143 Å². The minimum atomic E-state index is -1.51. The Labute approximate surface area is 292 Å². The van der Waals surface area contributed by atoms with Crippen molar-refractivity contribution in [2.24, 2.45) is 5.92 Å². The third-order valence-corrected chi connectivity index (χ3v) is 9.37. The highest BCUT2D eigenvalue weighted by Gasteiger charge is 2.46. The van der Waals surface area contributed by atoms with Crippen LogP contribution in [0.5, 0.6) is 0 Å². The first-order chi connectivity index (χ1) is 23.6. The molecule has 1 amide bonds. The molecule has 11 atom stereocenters. The molecule has 2 aliphatic rings. The molecule has 49 heavy (non-hydrogen) atoms. The maximum Gasteiger partial charge on any atom is 0.217 e. The zero-order valence-corrected chi connectivity index (χ0v) is 29.8. The molecule has 290 valence electrons. The first-order valence-corrected chi connectivity index (χ1v) is 18.6. The van der Waals surface area contributed by atoms with E-state index in [4.69, 9.17) is 28.8 Å². The molecule has 0 aromatic carbocycles. The standard InChI is InChI=1S/C35H67NO13/c1-24(16-12-8-4-3-6-10-14-18-37)17-13-9-5-7-11-15-19-45-21-26(22-46-35-33(44)30(41)27(40)23-47-35)48-34-29(36-25(2)39)32(43)31(42)28(20-38)49-34/h24,26-35,37-38,40-44H,3-23H2,1-2H3,(H,36,39)/t24?,26?,27-,28-,29-,30+,31-,32-,33-,34-,35-/m1/s1. The highest BCUT2D eigenvalue weighted by atomic mass is 16.7. The molecule has 0 saturated carbocycles. The number of nitrogens with one attached hydrogen (secondary N) is 1. The average Bonchev–Trinajstić information content (AvgIpc) is 3.08. The number of carbonyl (C=O) groups is 1. The van der Waals surface area contributed by atoms with Gasteiger partial charge in [-0.3, -0.25) is 4.79 Å². The van der Waals surface area contributed by atoms with E-state index in [1.807, 2.05) is 0 Å². The van der Waals surface area contributed by atoms with Crippen LogP contribution in [0.1, 0.15) is 110 Å². The van der Waals surface area contributed by atoms with Gasteiger partial charge in [-0.25, -0.2) is 0 Å². The number of ether oxygens (including phenoxy) is 5. The van der Waals surface area contributed by atoms with Crippen LogP contribution in [0.25, 0.3) is 0 Å². The Hall–Kier alpha value is -1.01. The van der Waals surface area contributed by atoms with Crippen LogP contribution in [0.4, 0.5) is 0 Å². The Morgan fingerprint density at radius 2 is 1.35 bits per heavy atom. The molecular weight excluding hydrogens is 642 g/mol. The number of aliphatic hydroxyl groups is 7. The predicted octanol–water partition coefficient (Wildman–Crippen LogP) is 1.27. The topological polar surface area (TPSA) is 217 Å². The van der Waals surface area contributed by atoms with Crippen LogP contribution in [0, 0.1) is 5.92 Å². The van der Waals surface area contributed by atoms with Gasteiger partial charge in [0.2, 0.25) is 5.91 Å². The van der Waals surface area contributed by atoms with Gasteiger partial charge in [-0.1, -0.05) is 90.4 Å². The van der Waals surface area contributed by atoms with Crippen LogP contribution < -0.4 is 5.32 Å². The molecule has 0 aromatic rings. The van der Waals surface area contributed by atoms with Crippen molar-refractivity contribution in [2.75, 3.05) is 39.6 Å². The fourth-order valence-corrected chi connectivity index (χ4v) is 6.28. The SMILES string of the molecule is CC(=O)N[C@H]1[C@H](OC(COCCCCCCCCC(C)CCCCCCCCCO)CO[C@@H]2OC[C@@H](O)[C@H](O)[C@H]2O)O[C@H](CO)[C@@H](O)[C@@H]1O. The van der Waals surface area contributed by atoms with E-state index in [1.165, 1.54) is 71.1 Å². The van der Waals surface area contributed by atoms with Gasteiger partial charge in [0.1, 0.15) is 48.8 Å². The van der Waals surface area contributed by atoms with E-state index in [0.29, 0.717) is 13.2 Å². The first kappa shape index (κ1) is 44.2. The highest BCUT2D eigenvalue weighted by Crippen LogP contribution is 2.25. The summed E-state index contributed by atoms with van der Waals surface area (Å²) < 4.78 is 28.6. The molecule has 14 nitrogen and oxygen atoms in total. The molecule has 2 saturated heterocycles. The zero-order valence-electron chi connectivity index (χ0n) is 29.8. The minimum absolute atomic E-state index is 0.0185. The summed E-state index contributed by atoms with van der Waals surface area (Å²) in [5.74, 6) is 0.274. The van der Waals surface area contributed by atoms with Gasteiger partial charge in [-0.15, -0.1) is 0 Å². The quantitative estimate of drug-likeness (QED) is 0.0565. The van der Waals surface area contributed by atoms with Gasteiger partial charge >= 0.3 is 0 Å². The lowest BCUT2D eigenvalue weighted by Gasteiger charge is -2.43. The minimum Gasteiger partial charge on any atom is -0.396 e. The number of hydrogen-bond acceptors (Lipinski definition) is 13. The molecule has 14 heteroatoms. The molecule has 2 aliphatic heterocycles. The molecule has 2 rings (SSSR count). The van der Waals surface area contributed by atoms with Crippen molar-refractivity contribution in [3.05, 3.63) is 0 Å². The number of rotatable bonds is 27. The molecule has 8 N–H and O–H groups in total. The van der Waals surface area contributed by atoms with Gasteiger partial charge in [-0.05, 0) is 18.8 Å². The molecule has 0 aliphatic carbocycles. The molecule has 2 fully saturated rings. The summed E-state index contributed by atoms with van der Waals surface area (Å²) in [7, 11) is 0. The van der Waals surface area contributed by atoms with Gasteiger partial charge in [0.25, 0.3) is 0 Å². The van der Waals surface area contributed by atoms with Crippen molar-refractivity contribution in [1.82, 2.24) is 5.32 Å². The van der Waals surface area contributed by atoms with E-state index in [-0.39, 0.29) is 19.8 Å². The van der Waals surface area contributed by atoms with Crippen molar-refractivity contribution in [3.63, 3.8) is 0 Å². The molecule has 0 radical (unpaired) electrons. The maximum atomic E-state index is 11.8. The Balaban J connectivity index is 1.72. The maximum absolute atomic E-state index is 11.8. The second kappa shape index (κ2) is 25.9. The fraction of sp³-hybridized carbons (Fsp3) is 0.971. The smallest absolute Gasteiger partial charge is 0.217 e. The second-order valence-electron chi connectivity index (χ2n) is 13.9. The van der Waals surface area contributed by atoms with Gasteiger partial charge in [0.05, 0.1) is 26.4 Å². The molecule has 2 heterocycles. The van der Waals surface area contributed by atoms with Crippen LogP contribution in [0.15, 0.2) is 0 Å². The number of amides is 1. The van der Waals surface area contributed by atoms with Gasteiger partial charge in [0, 0.05) is 20.1 Å². The largest absolute Gasteiger partial charge is 0.396 e. The first-order valence-electron chi connectivity index (χ1n) is 18.6. The summed E-state index contributed by atoms with van der Waals surface area (Å²) in [6.45, 7) is 3.33. The zero-order chi connectivity index (χ0) is 36.0. The predicted molar refractivity (Wildman–Crippen MR) is 180 cm³/mol. The Bertz CT molecular complexity index is 841. The molecule has 2 unspecified atom stereocenters. The fourth-order valence-electron chi connectivity index (χ4n) is 6.28. The number of hydrogen-bond donors (Lipinski definition) is 8.